The maximum absolute atomic E-state index is 2.45. The van der Waals surface area contributed by atoms with Crippen molar-refractivity contribution in [1.82, 2.24) is 0 Å². The standard InChI is InChI=1S/C17H20/c1-13-6-8-17-12-15(7-9-16(17)10-13)11-14-4-2-3-5-14/h2,4,6-9,11,13-14H,3,5,10,12H2,1H3. The molecule has 0 bridgehead atoms. The molecule has 0 heterocycles. The van der Waals surface area contributed by atoms with Gasteiger partial charge in [0.15, 0.2) is 0 Å². The summed E-state index contributed by atoms with van der Waals surface area (Å²) in [7, 11) is 0. The third-order valence-corrected chi connectivity index (χ3v) is 3.95. The number of allylic oxidation sites excluding steroid dienone is 10. The van der Waals surface area contributed by atoms with Crippen LogP contribution in [0.25, 0.3) is 0 Å². The summed E-state index contributed by atoms with van der Waals surface area (Å²) in [4.78, 5) is 0. The van der Waals surface area contributed by atoms with Gasteiger partial charge in [0.05, 0.1) is 0 Å². The van der Waals surface area contributed by atoms with Crippen LogP contribution in [0.15, 0.2) is 59.3 Å². The zero-order valence-electron chi connectivity index (χ0n) is 10.5. The highest BCUT2D eigenvalue weighted by atomic mass is 14.2. The van der Waals surface area contributed by atoms with E-state index in [0.29, 0.717) is 11.8 Å². The minimum atomic E-state index is 0.684. The van der Waals surface area contributed by atoms with Gasteiger partial charge in [0.1, 0.15) is 0 Å². The van der Waals surface area contributed by atoms with Crippen LogP contribution >= 0.6 is 0 Å². The molecule has 0 aromatic rings. The third-order valence-electron chi connectivity index (χ3n) is 3.95. The van der Waals surface area contributed by atoms with Crippen LogP contribution in [0.5, 0.6) is 0 Å². The van der Waals surface area contributed by atoms with Crippen LogP contribution in [-0.4, -0.2) is 0 Å². The molecule has 0 nitrogen and oxygen atoms in total. The van der Waals surface area contributed by atoms with Crippen molar-refractivity contribution in [1.29, 1.82) is 0 Å². The van der Waals surface area contributed by atoms with Gasteiger partial charge in [-0.3, -0.25) is 0 Å². The Morgan fingerprint density at radius 2 is 2.06 bits per heavy atom. The molecule has 2 atom stereocenters. The molecule has 0 spiro atoms. The summed E-state index contributed by atoms with van der Waals surface area (Å²) in [6.07, 6.45) is 21.4. The highest BCUT2D eigenvalue weighted by Gasteiger charge is 2.16. The van der Waals surface area contributed by atoms with Gasteiger partial charge in [0.25, 0.3) is 0 Å². The highest BCUT2D eigenvalue weighted by molar-refractivity contribution is 5.47. The fraction of sp³-hybridized carbons (Fsp3) is 0.412. The summed E-state index contributed by atoms with van der Waals surface area (Å²) in [5.41, 5.74) is 4.59. The molecular weight excluding hydrogens is 204 g/mol. The molecule has 0 aliphatic heterocycles. The lowest BCUT2D eigenvalue weighted by Crippen LogP contribution is -2.05. The molecule has 3 aliphatic carbocycles. The molecule has 0 aromatic carbocycles. The zero-order chi connectivity index (χ0) is 11.7. The van der Waals surface area contributed by atoms with Gasteiger partial charge in [0.2, 0.25) is 0 Å². The predicted molar refractivity (Wildman–Crippen MR) is 73.7 cm³/mol. The summed E-state index contributed by atoms with van der Waals surface area (Å²) in [6, 6.07) is 0. The van der Waals surface area contributed by atoms with E-state index >= 15 is 0 Å². The Bertz CT molecular complexity index is 454. The third kappa shape index (κ3) is 2.36. The molecule has 88 valence electrons. The first-order chi connectivity index (χ1) is 8.31. The number of hydrogen-bond acceptors (Lipinski definition) is 0. The van der Waals surface area contributed by atoms with Crippen LogP contribution in [0.1, 0.15) is 32.6 Å². The SMILES string of the molecule is CC1C=CC2=C(C=CC(=CC3C=CCC3)C2)C1. The second kappa shape index (κ2) is 4.52. The Labute approximate surface area is 104 Å². The van der Waals surface area contributed by atoms with E-state index in [1.54, 1.807) is 11.1 Å². The Balaban J connectivity index is 1.76. The topological polar surface area (TPSA) is 0 Å². The molecule has 2 unspecified atom stereocenters. The molecule has 0 N–H and O–H groups in total. The van der Waals surface area contributed by atoms with E-state index in [4.69, 9.17) is 0 Å². The smallest absolute Gasteiger partial charge is 0.00261 e. The van der Waals surface area contributed by atoms with E-state index in [2.05, 4.69) is 49.5 Å². The molecule has 0 radical (unpaired) electrons. The quantitative estimate of drug-likeness (QED) is 0.565. The van der Waals surface area contributed by atoms with Gasteiger partial charge in [0, 0.05) is 0 Å². The van der Waals surface area contributed by atoms with Crippen molar-refractivity contribution in [3.63, 3.8) is 0 Å². The van der Waals surface area contributed by atoms with Crippen LogP contribution < -0.4 is 0 Å². The Hall–Kier alpha value is -1.30. The monoisotopic (exact) mass is 224 g/mol. The maximum atomic E-state index is 2.45. The summed E-state index contributed by atoms with van der Waals surface area (Å²) >= 11 is 0. The van der Waals surface area contributed by atoms with Crippen LogP contribution in [0.2, 0.25) is 0 Å². The van der Waals surface area contributed by atoms with E-state index in [9.17, 15) is 0 Å². The van der Waals surface area contributed by atoms with E-state index in [0.717, 1.165) is 6.42 Å². The lowest BCUT2D eigenvalue weighted by atomic mass is 9.83. The Morgan fingerprint density at radius 3 is 2.88 bits per heavy atom. The van der Waals surface area contributed by atoms with Gasteiger partial charge in [-0.2, -0.15) is 0 Å². The van der Waals surface area contributed by atoms with Gasteiger partial charge in [-0.15, -0.1) is 0 Å². The van der Waals surface area contributed by atoms with E-state index in [-0.39, 0.29) is 0 Å². The zero-order valence-corrected chi connectivity index (χ0v) is 10.5. The first kappa shape index (κ1) is 10.8. The molecule has 0 heteroatoms. The fourth-order valence-corrected chi connectivity index (χ4v) is 2.95. The van der Waals surface area contributed by atoms with E-state index < -0.39 is 0 Å². The molecule has 0 aromatic heterocycles. The molecule has 3 aliphatic rings. The first-order valence-corrected chi connectivity index (χ1v) is 6.77. The largest absolute Gasteiger partial charge is 0.0879 e. The summed E-state index contributed by atoms with van der Waals surface area (Å²) in [6.45, 7) is 2.29. The van der Waals surface area contributed by atoms with Crippen molar-refractivity contribution in [2.45, 2.75) is 32.6 Å². The molecule has 0 amide bonds. The summed E-state index contributed by atoms with van der Waals surface area (Å²) in [5.74, 6) is 1.39. The van der Waals surface area contributed by atoms with Crippen LogP contribution in [0, 0.1) is 11.8 Å². The lowest BCUT2D eigenvalue weighted by molar-refractivity contribution is 0.704. The van der Waals surface area contributed by atoms with Crippen molar-refractivity contribution < 1.29 is 0 Å². The summed E-state index contributed by atoms with van der Waals surface area (Å²) < 4.78 is 0. The molecule has 0 saturated carbocycles. The van der Waals surface area contributed by atoms with Gasteiger partial charge in [-0.1, -0.05) is 49.5 Å². The average Bonchev–Trinajstić information content (AvgIpc) is 2.82. The van der Waals surface area contributed by atoms with Crippen LogP contribution in [-0.2, 0) is 0 Å². The van der Waals surface area contributed by atoms with Crippen molar-refractivity contribution in [2.75, 3.05) is 0 Å². The number of hydrogen-bond donors (Lipinski definition) is 0. The van der Waals surface area contributed by atoms with Crippen molar-refractivity contribution in [3.8, 4) is 0 Å². The van der Waals surface area contributed by atoms with Gasteiger partial charge >= 0.3 is 0 Å². The minimum absolute atomic E-state index is 0.684. The van der Waals surface area contributed by atoms with Crippen molar-refractivity contribution in [3.05, 3.63) is 59.3 Å². The minimum Gasteiger partial charge on any atom is -0.0879 e. The Morgan fingerprint density at radius 1 is 1.12 bits per heavy atom. The van der Waals surface area contributed by atoms with E-state index in [1.807, 2.05) is 0 Å². The van der Waals surface area contributed by atoms with Gasteiger partial charge in [-0.25, -0.2) is 0 Å². The fourth-order valence-electron chi connectivity index (χ4n) is 2.95. The maximum Gasteiger partial charge on any atom is -0.00261 e. The average molecular weight is 224 g/mol. The first-order valence-electron chi connectivity index (χ1n) is 6.77. The summed E-state index contributed by atoms with van der Waals surface area (Å²) in [5, 5.41) is 0. The molecule has 0 saturated heterocycles. The molecular formula is C17H20. The highest BCUT2D eigenvalue weighted by Crippen LogP contribution is 2.33. The van der Waals surface area contributed by atoms with Gasteiger partial charge < -0.3 is 0 Å². The normalized spacial score (nSPS) is 33.6. The lowest BCUT2D eigenvalue weighted by Gasteiger charge is -2.22. The van der Waals surface area contributed by atoms with Crippen LogP contribution in [0.3, 0.4) is 0 Å². The van der Waals surface area contributed by atoms with Crippen molar-refractivity contribution >= 4 is 0 Å². The predicted octanol–water partition coefficient (Wildman–Crippen LogP) is 4.73. The number of rotatable bonds is 1. The molecule has 3 rings (SSSR count). The Kier molecular flexibility index (Phi) is 2.88. The van der Waals surface area contributed by atoms with Crippen molar-refractivity contribution in [2.24, 2.45) is 11.8 Å². The second-order valence-electron chi connectivity index (χ2n) is 5.51. The van der Waals surface area contributed by atoms with Gasteiger partial charge in [-0.05, 0) is 54.2 Å². The second-order valence-corrected chi connectivity index (χ2v) is 5.51. The molecule has 0 fully saturated rings. The van der Waals surface area contributed by atoms with Crippen LogP contribution in [0.4, 0.5) is 0 Å². The molecule has 17 heavy (non-hydrogen) atoms. The van der Waals surface area contributed by atoms with E-state index in [1.165, 1.54) is 24.8 Å².